The summed E-state index contributed by atoms with van der Waals surface area (Å²) >= 11 is 6.00. The number of halogens is 1. The molecule has 1 heterocycles. The van der Waals surface area contributed by atoms with Crippen LogP contribution >= 0.6 is 11.6 Å². The Hall–Kier alpha value is -1.56. The van der Waals surface area contributed by atoms with E-state index in [1.54, 1.807) is 0 Å². The lowest BCUT2D eigenvalue weighted by molar-refractivity contribution is -0.119. The van der Waals surface area contributed by atoms with Gasteiger partial charge < -0.3 is 10.6 Å². The highest BCUT2D eigenvalue weighted by molar-refractivity contribution is 6.33. The molecule has 1 aromatic heterocycles. The van der Waals surface area contributed by atoms with Crippen LogP contribution in [0.4, 0.5) is 5.69 Å². The molecule has 1 saturated carbocycles. The van der Waals surface area contributed by atoms with Crippen molar-refractivity contribution in [2.75, 3.05) is 18.4 Å². The van der Waals surface area contributed by atoms with Gasteiger partial charge in [-0.1, -0.05) is 24.9 Å². The standard InChI is InChI=1S/C14H21ClN4O2/c1-2-6-16-12(20)8-17-13-11(15)7-18-19(14(13)21)9-10-4-3-5-10/h7,10,17H,2-6,8-9H2,1H3,(H,16,20). The topological polar surface area (TPSA) is 76.0 Å². The van der Waals surface area contributed by atoms with Crippen molar-refractivity contribution in [1.29, 1.82) is 0 Å². The van der Waals surface area contributed by atoms with E-state index < -0.39 is 0 Å². The van der Waals surface area contributed by atoms with Crippen molar-refractivity contribution in [3.63, 3.8) is 0 Å². The summed E-state index contributed by atoms with van der Waals surface area (Å²) in [7, 11) is 0. The SMILES string of the molecule is CCCNC(=O)CNc1c(Cl)cnn(CC2CCC2)c1=O. The molecule has 0 aromatic carbocycles. The summed E-state index contributed by atoms with van der Waals surface area (Å²) in [4.78, 5) is 23.9. The highest BCUT2D eigenvalue weighted by Crippen LogP contribution is 2.27. The van der Waals surface area contributed by atoms with Gasteiger partial charge in [0, 0.05) is 13.1 Å². The highest BCUT2D eigenvalue weighted by Gasteiger charge is 2.20. The average Bonchev–Trinajstić information content (AvgIpc) is 2.42. The number of aromatic nitrogens is 2. The predicted octanol–water partition coefficient (Wildman–Crippen LogP) is 1.63. The lowest BCUT2D eigenvalue weighted by Crippen LogP contribution is -2.34. The number of anilines is 1. The molecule has 0 spiro atoms. The molecule has 0 atom stereocenters. The van der Waals surface area contributed by atoms with E-state index in [1.807, 2.05) is 6.92 Å². The summed E-state index contributed by atoms with van der Waals surface area (Å²) in [5.41, 5.74) is -0.0182. The number of hydrogen-bond acceptors (Lipinski definition) is 4. The van der Waals surface area contributed by atoms with Crippen LogP contribution in [0.3, 0.4) is 0 Å². The monoisotopic (exact) mass is 312 g/mol. The quantitative estimate of drug-likeness (QED) is 0.802. The van der Waals surface area contributed by atoms with Crippen molar-refractivity contribution in [2.45, 2.75) is 39.2 Å². The molecule has 7 heteroatoms. The third-order valence-corrected chi connectivity index (χ3v) is 3.94. The van der Waals surface area contributed by atoms with Crippen molar-refractivity contribution in [3.8, 4) is 0 Å². The van der Waals surface area contributed by atoms with Gasteiger partial charge in [-0.2, -0.15) is 5.10 Å². The fourth-order valence-corrected chi connectivity index (χ4v) is 2.37. The minimum atomic E-state index is -0.266. The molecule has 6 nitrogen and oxygen atoms in total. The van der Waals surface area contributed by atoms with Gasteiger partial charge in [-0.15, -0.1) is 0 Å². The van der Waals surface area contributed by atoms with Gasteiger partial charge in [-0.3, -0.25) is 9.59 Å². The van der Waals surface area contributed by atoms with Crippen LogP contribution in [-0.4, -0.2) is 28.8 Å². The van der Waals surface area contributed by atoms with Crippen LogP contribution in [0, 0.1) is 5.92 Å². The third kappa shape index (κ3) is 4.20. The van der Waals surface area contributed by atoms with E-state index in [0.717, 1.165) is 19.3 Å². The molecule has 1 fully saturated rings. The number of nitrogens with one attached hydrogen (secondary N) is 2. The minimum Gasteiger partial charge on any atom is -0.370 e. The minimum absolute atomic E-state index is 0.0302. The molecule has 1 amide bonds. The van der Waals surface area contributed by atoms with Gasteiger partial charge >= 0.3 is 0 Å². The van der Waals surface area contributed by atoms with Crippen LogP contribution in [0.2, 0.25) is 5.02 Å². The molecular weight excluding hydrogens is 292 g/mol. The second-order valence-electron chi connectivity index (χ2n) is 5.36. The zero-order valence-electron chi connectivity index (χ0n) is 12.2. The van der Waals surface area contributed by atoms with Crippen LogP contribution < -0.4 is 16.2 Å². The second kappa shape index (κ2) is 7.45. The Morgan fingerprint density at radius 2 is 2.29 bits per heavy atom. The normalized spacial score (nSPS) is 14.6. The zero-order chi connectivity index (χ0) is 15.2. The first kappa shape index (κ1) is 15.8. The fraction of sp³-hybridized carbons (Fsp3) is 0.643. The maximum Gasteiger partial charge on any atom is 0.291 e. The van der Waals surface area contributed by atoms with Crippen LogP contribution in [-0.2, 0) is 11.3 Å². The summed E-state index contributed by atoms with van der Waals surface area (Å²) in [6.45, 7) is 3.25. The molecule has 0 unspecified atom stereocenters. The molecule has 1 aliphatic carbocycles. The first-order valence-electron chi connectivity index (χ1n) is 7.38. The maximum absolute atomic E-state index is 12.3. The molecule has 0 radical (unpaired) electrons. The van der Waals surface area contributed by atoms with Crippen molar-refractivity contribution in [1.82, 2.24) is 15.1 Å². The van der Waals surface area contributed by atoms with Crippen molar-refractivity contribution < 1.29 is 4.79 Å². The summed E-state index contributed by atoms with van der Waals surface area (Å²) in [6.07, 6.45) is 5.82. The fourth-order valence-electron chi connectivity index (χ4n) is 2.17. The Bertz CT molecular complexity index is 554. The van der Waals surface area contributed by atoms with Crippen LogP contribution in [0.15, 0.2) is 11.0 Å². The molecule has 2 rings (SSSR count). The maximum atomic E-state index is 12.3. The van der Waals surface area contributed by atoms with E-state index >= 15 is 0 Å². The van der Waals surface area contributed by atoms with Crippen LogP contribution in [0.1, 0.15) is 32.6 Å². The molecule has 1 aromatic rings. The number of amides is 1. The second-order valence-corrected chi connectivity index (χ2v) is 5.76. The number of rotatable bonds is 7. The Morgan fingerprint density at radius 3 is 2.90 bits per heavy atom. The van der Waals surface area contributed by atoms with Crippen LogP contribution in [0.25, 0.3) is 0 Å². The van der Waals surface area contributed by atoms with E-state index in [1.165, 1.54) is 17.3 Å². The highest BCUT2D eigenvalue weighted by atomic mass is 35.5. The Kier molecular flexibility index (Phi) is 5.61. The van der Waals surface area contributed by atoms with Gasteiger partial charge in [-0.05, 0) is 25.2 Å². The number of carbonyl (C=O) groups excluding carboxylic acids is 1. The van der Waals surface area contributed by atoms with E-state index in [-0.39, 0.29) is 28.7 Å². The number of hydrogen-bond donors (Lipinski definition) is 2. The largest absolute Gasteiger partial charge is 0.370 e. The number of nitrogens with zero attached hydrogens (tertiary/aromatic N) is 2. The summed E-state index contributed by atoms with van der Waals surface area (Å²) in [6, 6.07) is 0. The molecular formula is C14H21ClN4O2. The van der Waals surface area contributed by atoms with E-state index in [2.05, 4.69) is 15.7 Å². The molecule has 0 aliphatic heterocycles. The van der Waals surface area contributed by atoms with Gasteiger partial charge in [0.2, 0.25) is 5.91 Å². The van der Waals surface area contributed by atoms with Gasteiger partial charge in [-0.25, -0.2) is 4.68 Å². The molecule has 2 N–H and O–H groups in total. The zero-order valence-corrected chi connectivity index (χ0v) is 12.9. The van der Waals surface area contributed by atoms with Crippen molar-refractivity contribution in [2.24, 2.45) is 5.92 Å². The molecule has 0 bridgehead atoms. The summed E-state index contributed by atoms with van der Waals surface area (Å²) in [5, 5.41) is 9.87. The molecule has 0 saturated heterocycles. The average molecular weight is 313 g/mol. The Morgan fingerprint density at radius 1 is 1.52 bits per heavy atom. The lowest BCUT2D eigenvalue weighted by Gasteiger charge is -2.25. The Balaban J connectivity index is 2.02. The van der Waals surface area contributed by atoms with E-state index in [4.69, 9.17) is 11.6 Å². The van der Waals surface area contributed by atoms with Crippen LogP contribution in [0.5, 0.6) is 0 Å². The van der Waals surface area contributed by atoms with Gasteiger partial charge in [0.05, 0.1) is 17.8 Å². The first-order valence-corrected chi connectivity index (χ1v) is 7.75. The Labute approximate surface area is 128 Å². The smallest absolute Gasteiger partial charge is 0.291 e. The molecule has 21 heavy (non-hydrogen) atoms. The van der Waals surface area contributed by atoms with E-state index in [0.29, 0.717) is 19.0 Å². The molecule has 1 aliphatic rings. The predicted molar refractivity (Wildman–Crippen MR) is 82.6 cm³/mol. The van der Waals surface area contributed by atoms with Crippen molar-refractivity contribution >= 4 is 23.2 Å². The number of carbonyl (C=O) groups is 1. The molecule has 116 valence electrons. The first-order chi connectivity index (χ1) is 10.1. The van der Waals surface area contributed by atoms with Gasteiger partial charge in [0.25, 0.3) is 5.56 Å². The van der Waals surface area contributed by atoms with Gasteiger partial charge in [0.15, 0.2) is 0 Å². The third-order valence-electron chi connectivity index (χ3n) is 3.65. The summed E-state index contributed by atoms with van der Waals surface area (Å²) in [5.74, 6) is 0.367. The lowest BCUT2D eigenvalue weighted by atomic mass is 9.85. The van der Waals surface area contributed by atoms with Crippen molar-refractivity contribution in [3.05, 3.63) is 21.6 Å². The van der Waals surface area contributed by atoms with E-state index in [9.17, 15) is 9.59 Å². The summed E-state index contributed by atoms with van der Waals surface area (Å²) < 4.78 is 1.43. The van der Waals surface area contributed by atoms with Gasteiger partial charge in [0.1, 0.15) is 5.69 Å².